The number of ether oxygens (including phenoxy) is 2. The van der Waals surface area contributed by atoms with Crippen LogP contribution < -0.4 is 4.74 Å². The lowest BCUT2D eigenvalue weighted by atomic mass is 10.1. The molecule has 10 heteroatoms. The average molecular weight is 422 g/mol. The highest BCUT2D eigenvalue weighted by Gasteiger charge is 2.37. The molecule has 1 aromatic rings. The van der Waals surface area contributed by atoms with E-state index in [9.17, 15) is 22.8 Å². The number of rotatable bonds is 6. The Morgan fingerprint density at radius 3 is 2.66 bits per heavy atom. The summed E-state index contributed by atoms with van der Waals surface area (Å²) in [7, 11) is -1.72. The number of Topliss-reactive ketones (excluding diaryl/α,β-unsaturated/α-hetero) is 1. The topological polar surface area (TPSA) is 119 Å². The summed E-state index contributed by atoms with van der Waals surface area (Å²) in [6.07, 6.45) is 0.487. The van der Waals surface area contributed by atoms with Gasteiger partial charge in [0.2, 0.25) is 5.91 Å². The van der Waals surface area contributed by atoms with E-state index in [0.717, 1.165) is 5.01 Å². The third-order valence-corrected chi connectivity index (χ3v) is 6.65. The Labute approximate surface area is 168 Å². The van der Waals surface area contributed by atoms with E-state index in [1.54, 1.807) is 18.2 Å². The number of carbonyl (C=O) groups is 3. The zero-order valence-electron chi connectivity index (χ0n) is 16.2. The number of carbonyl (C=O) groups excluding carboxylic acids is 3. The molecule has 0 aliphatic carbocycles. The Kier molecular flexibility index (Phi) is 6.02. The molecule has 156 valence electrons. The first-order valence-corrected chi connectivity index (χ1v) is 11.0. The van der Waals surface area contributed by atoms with E-state index in [1.807, 2.05) is 0 Å². The fraction of sp³-hybridized carbons (Fsp3) is 0.474. The minimum atomic E-state index is -3.19. The van der Waals surface area contributed by atoms with Crippen molar-refractivity contribution in [1.82, 2.24) is 5.01 Å². The molecule has 1 aromatic carbocycles. The van der Waals surface area contributed by atoms with Crippen molar-refractivity contribution in [1.29, 1.82) is 0 Å². The highest BCUT2D eigenvalue weighted by atomic mass is 32.2. The van der Waals surface area contributed by atoms with Crippen LogP contribution in [0.2, 0.25) is 0 Å². The van der Waals surface area contributed by atoms with Crippen molar-refractivity contribution in [2.75, 3.05) is 18.6 Å². The molecule has 3 rings (SSSR count). The van der Waals surface area contributed by atoms with Crippen LogP contribution in [0.4, 0.5) is 0 Å². The van der Waals surface area contributed by atoms with Gasteiger partial charge in [0, 0.05) is 24.0 Å². The lowest BCUT2D eigenvalue weighted by Crippen LogP contribution is -2.42. The fourth-order valence-corrected chi connectivity index (χ4v) is 5.00. The summed E-state index contributed by atoms with van der Waals surface area (Å²) in [4.78, 5) is 36.2. The van der Waals surface area contributed by atoms with Gasteiger partial charge in [-0.15, -0.1) is 0 Å². The standard InChI is InChI=1S/C19H22N2O7S/c1-12(22)13-3-5-17(27-2)14(9-13)10-28-19(24)16-4-6-18(23)21(20-16)15-7-8-29(25,26)11-15/h3,5,9,15H,4,6-8,10-11H2,1-2H3/t15-/m0/s1. The maximum Gasteiger partial charge on any atom is 0.354 e. The van der Waals surface area contributed by atoms with E-state index in [-0.39, 0.29) is 48.4 Å². The minimum Gasteiger partial charge on any atom is -0.496 e. The number of hydrazone groups is 1. The molecule has 0 bridgehead atoms. The van der Waals surface area contributed by atoms with Crippen molar-refractivity contribution in [3.8, 4) is 5.75 Å². The van der Waals surface area contributed by atoms with Gasteiger partial charge in [-0.3, -0.25) is 9.59 Å². The summed E-state index contributed by atoms with van der Waals surface area (Å²) in [5.74, 6) is -0.806. The normalized spacial score (nSPS) is 20.9. The first-order chi connectivity index (χ1) is 13.7. The lowest BCUT2D eigenvalue weighted by molar-refractivity contribution is -0.138. The minimum absolute atomic E-state index is 0.00301. The van der Waals surface area contributed by atoms with Crippen molar-refractivity contribution >= 4 is 33.2 Å². The highest BCUT2D eigenvalue weighted by Crippen LogP contribution is 2.24. The van der Waals surface area contributed by atoms with Gasteiger partial charge in [-0.2, -0.15) is 5.10 Å². The summed E-state index contributed by atoms with van der Waals surface area (Å²) in [5, 5.41) is 5.20. The Morgan fingerprint density at radius 1 is 1.28 bits per heavy atom. The molecule has 0 spiro atoms. The first-order valence-electron chi connectivity index (χ1n) is 9.15. The van der Waals surface area contributed by atoms with Crippen LogP contribution in [0, 0.1) is 0 Å². The Morgan fingerprint density at radius 2 is 2.03 bits per heavy atom. The van der Waals surface area contributed by atoms with Gasteiger partial charge < -0.3 is 9.47 Å². The van der Waals surface area contributed by atoms with E-state index < -0.39 is 21.8 Å². The van der Waals surface area contributed by atoms with Gasteiger partial charge in [-0.25, -0.2) is 18.2 Å². The van der Waals surface area contributed by atoms with Crippen molar-refractivity contribution in [3.63, 3.8) is 0 Å². The molecule has 2 heterocycles. The maximum atomic E-state index is 12.5. The SMILES string of the molecule is COc1ccc(C(C)=O)cc1COC(=O)C1=NN([C@H]2CCS(=O)(=O)C2)C(=O)CC1. The van der Waals surface area contributed by atoms with Crippen molar-refractivity contribution in [3.05, 3.63) is 29.3 Å². The quantitative estimate of drug-likeness (QED) is 0.497. The van der Waals surface area contributed by atoms with E-state index in [1.165, 1.54) is 14.0 Å². The van der Waals surface area contributed by atoms with Crippen LogP contribution in [0.15, 0.2) is 23.3 Å². The molecule has 29 heavy (non-hydrogen) atoms. The number of sulfone groups is 1. The number of amides is 1. The number of nitrogens with zero attached hydrogens (tertiary/aromatic N) is 2. The van der Waals surface area contributed by atoms with Gasteiger partial charge >= 0.3 is 5.97 Å². The van der Waals surface area contributed by atoms with Gasteiger partial charge in [0.15, 0.2) is 15.6 Å². The molecule has 1 saturated heterocycles. The number of benzene rings is 1. The first kappa shape index (κ1) is 21.0. The average Bonchev–Trinajstić information content (AvgIpc) is 3.05. The third kappa shape index (κ3) is 4.81. The zero-order valence-corrected chi connectivity index (χ0v) is 17.0. The Bertz CT molecular complexity index is 984. The predicted octanol–water partition coefficient (Wildman–Crippen LogP) is 1.11. The van der Waals surface area contributed by atoms with Gasteiger partial charge in [0.1, 0.15) is 18.1 Å². The Balaban J connectivity index is 1.72. The van der Waals surface area contributed by atoms with Gasteiger partial charge in [0.25, 0.3) is 0 Å². The molecule has 0 aromatic heterocycles. The molecule has 9 nitrogen and oxygen atoms in total. The van der Waals surface area contributed by atoms with Gasteiger partial charge in [-0.05, 0) is 31.5 Å². The third-order valence-electron chi connectivity index (χ3n) is 4.90. The van der Waals surface area contributed by atoms with Crippen molar-refractivity contribution in [2.45, 2.75) is 38.8 Å². The van der Waals surface area contributed by atoms with Crippen LogP contribution in [0.25, 0.3) is 0 Å². The maximum absolute atomic E-state index is 12.5. The molecule has 2 aliphatic rings. The molecule has 0 radical (unpaired) electrons. The van der Waals surface area contributed by atoms with Crippen LogP contribution in [0.5, 0.6) is 5.75 Å². The van der Waals surface area contributed by atoms with Crippen LogP contribution in [0.3, 0.4) is 0 Å². The molecular formula is C19H22N2O7S. The van der Waals surface area contributed by atoms with Gasteiger partial charge in [0.05, 0.1) is 24.7 Å². The number of ketones is 1. The molecule has 2 aliphatic heterocycles. The number of hydrogen-bond donors (Lipinski definition) is 0. The summed E-state index contributed by atoms with van der Waals surface area (Å²) in [5.41, 5.74) is 1.06. The molecule has 0 unspecified atom stereocenters. The lowest BCUT2D eigenvalue weighted by Gasteiger charge is -2.27. The van der Waals surface area contributed by atoms with Crippen LogP contribution in [0.1, 0.15) is 42.1 Å². The Hall–Kier alpha value is -2.75. The smallest absolute Gasteiger partial charge is 0.354 e. The molecule has 1 amide bonds. The summed E-state index contributed by atoms with van der Waals surface area (Å²) < 4.78 is 33.9. The van der Waals surface area contributed by atoms with Crippen LogP contribution >= 0.6 is 0 Å². The van der Waals surface area contributed by atoms with Crippen molar-refractivity contribution in [2.24, 2.45) is 5.10 Å². The summed E-state index contributed by atoms with van der Waals surface area (Å²) in [6.45, 7) is 1.30. The van der Waals surface area contributed by atoms with E-state index in [4.69, 9.17) is 9.47 Å². The zero-order chi connectivity index (χ0) is 21.2. The van der Waals surface area contributed by atoms with Crippen LogP contribution in [-0.2, 0) is 30.8 Å². The molecule has 0 saturated carbocycles. The monoisotopic (exact) mass is 422 g/mol. The fourth-order valence-electron chi connectivity index (χ4n) is 3.31. The van der Waals surface area contributed by atoms with Crippen LogP contribution in [-0.4, -0.2) is 61.5 Å². The van der Waals surface area contributed by atoms with Crippen molar-refractivity contribution < 1.29 is 32.3 Å². The highest BCUT2D eigenvalue weighted by molar-refractivity contribution is 7.91. The number of esters is 1. The largest absolute Gasteiger partial charge is 0.496 e. The van der Waals surface area contributed by atoms with E-state index in [0.29, 0.717) is 23.3 Å². The second-order valence-corrected chi connectivity index (χ2v) is 9.23. The molecule has 0 N–H and O–H groups in total. The second-order valence-electron chi connectivity index (χ2n) is 7.00. The summed E-state index contributed by atoms with van der Waals surface area (Å²) in [6, 6.07) is 4.29. The summed E-state index contributed by atoms with van der Waals surface area (Å²) >= 11 is 0. The van der Waals surface area contributed by atoms with E-state index in [2.05, 4.69) is 5.10 Å². The molecular weight excluding hydrogens is 400 g/mol. The molecule has 1 fully saturated rings. The number of methoxy groups -OCH3 is 1. The molecule has 1 atom stereocenters. The van der Waals surface area contributed by atoms with E-state index >= 15 is 0 Å². The number of hydrogen-bond acceptors (Lipinski definition) is 8. The predicted molar refractivity (Wildman–Crippen MR) is 103 cm³/mol. The second kappa shape index (κ2) is 8.32. The van der Waals surface area contributed by atoms with Gasteiger partial charge in [-0.1, -0.05) is 0 Å².